The van der Waals surface area contributed by atoms with E-state index in [2.05, 4.69) is 25.3 Å². The van der Waals surface area contributed by atoms with Crippen LogP contribution in [0.25, 0.3) is 0 Å². The zero-order valence-electron chi connectivity index (χ0n) is 9.52. The van der Waals surface area contributed by atoms with Crippen molar-refractivity contribution >= 4 is 18.0 Å². The SMILES string of the molecule is O=C(CCC1=NC=NC1)NCCc1cnc[nH]1. The molecule has 0 saturated carbocycles. The van der Waals surface area contributed by atoms with E-state index in [1.807, 2.05) is 0 Å². The van der Waals surface area contributed by atoms with Crippen molar-refractivity contribution in [2.75, 3.05) is 13.1 Å². The van der Waals surface area contributed by atoms with Gasteiger partial charge in [0.2, 0.25) is 5.91 Å². The highest BCUT2D eigenvalue weighted by molar-refractivity contribution is 5.97. The first kappa shape index (κ1) is 11.5. The number of carbonyl (C=O) groups is 1. The van der Waals surface area contributed by atoms with Crippen molar-refractivity contribution in [2.24, 2.45) is 9.98 Å². The molecule has 0 saturated heterocycles. The molecule has 0 radical (unpaired) electrons. The molecule has 0 atom stereocenters. The first-order valence-corrected chi connectivity index (χ1v) is 5.62. The average Bonchev–Trinajstić information content (AvgIpc) is 2.99. The number of carbonyl (C=O) groups excluding carboxylic acids is 1. The summed E-state index contributed by atoms with van der Waals surface area (Å²) in [5.74, 6) is 0.0547. The summed E-state index contributed by atoms with van der Waals surface area (Å²) in [6.07, 6.45) is 6.88. The Morgan fingerprint density at radius 2 is 2.41 bits per heavy atom. The van der Waals surface area contributed by atoms with E-state index in [-0.39, 0.29) is 5.91 Å². The predicted molar refractivity (Wildman–Crippen MR) is 65.3 cm³/mol. The molecule has 0 spiro atoms. The third-order valence-electron chi connectivity index (χ3n) is 2.51. The van der Waals surface area contributed by atoms with Crippen LogP contribution < -0.4 is 5.32 Å². The van der Waals surface area contributed by atoms with E-state index in [1.165, 1.54) is 0 Å². The number of aromatic amines is 1. The van der Waals surface area contributed by atoms with Crippen LogP contribution in [0.15, 0.2) is 22.5 Å². The molecule has 0 aliphatic carbocycles. The van der Waals surface area contributed by atoms with Gasteiger partial charge >= 0.3 is 0 Å². The normalized spacial score (nSPS) is 13.8. The highest BCUT2D eigenvalue weighted by Gasteiger charge is 2.06. The summed E-state index contributed by atoms with van der Waals surface area (Å²) in [6.45, 7) is 1.27. The molecule has 17 heavy (non-hydrogen) atoms. The minimum absolute atomic E-state index is 0.0547. The summed E-state index contributed by atoms with van der Waals surface area (Å²) in [5, 5.41) is 2.86. The van der Waals surface area contributed by atoms with Crippen LogP contribution in [0.2, 0.25) is 0 Å². The summed E-state index contributed by atoms with van der Waals surface area (Å²) >= 11 is 0. The summed E-state index contributed by atoms with van der Waals surface area (Å²) in [7, 11) is 0. The number of nitrogens with zero attached hydrogens (tertiary/aromatic N) is 3. The van der Waals surface area contributed by atoms with Crippen molar-refractivity contribution in [3.63, 3.8) is 0 Å². The molecule has 1 aliphatic rings. The van der Waals surface area contributed by atoms with Crippen LogP contribution in [0.1, 0.15) is 18.5 Å². The van der Waals surface area contributed by atoms with E-state index < -0.39 is 0 Å². The number of hydrogen-bond donors (Lipinski definition) is 2. The first-order chi connectivity index (χ1) is 8.34. The van der Waals surface area contributed by atoms with E-state index in [4.69, 9.17) is 0 Å². The first-order valence-electron chi connectivity index (χ1n) is 5.62. The molecule has 0 fully saturated rings. The fourth-order valence-corrected chi connectivity index (χ4v) is 1.56. The van der Waals surface area contributed by atoms with Gasteiger partial charge in [-0.25, -0.2) is 9.98 Å². The van der Waals surface area contributed by atoms with Gasteiger partial charge in [-0.3, -0.25) is 9.79 Å². The summed E-state index contributed by atoms with van der Waals surface area (Å²) in [6, 6.07) is 0. The smallest absolute Gasteiger partial charge is 0.220 e. The maximum absolute atomic E-state index is 11.5. The van der Waals surface area contributed by atoms with E-state index in [0.29, 0.717) is 25.9 Å². The lowest BCUT2D eigenvalue weighted by molar-refractivity contribution is -0.120. The molecule has 1 aromatic rings. The van der Waals surface area contributed by atoms with Crippen LogP contribution >= 0.6 is 0 Å². The van der Waals surface area contributed by atoms with E-state index in [0.717, 1.165) is 17.8 Å². The Balaban J connectivity index is 1.58. The highest BCUT2D eigenvalue weighted by Crippen LogP contribution is 1.98. The third kappa shape index (κ3) is 3.82. The molecule has 2 rings (SSSR count). The molecule has 1 aliphatic heterocycles. The number of imidazole rings is 1. The van der Waals surface area contributed by atoms with Gasteiger partial charge in [-0.15, -0.1) is 0 Å². The number of H-pyrrole nitrogens is 1. The van der Waals surface area contributed by atoms with E-state index >= 15 is 0 Å². The fourth-order valence-electron chi connectivity index (χ4n) is 1.56. The molecular weight excluding hydrogens is 218 g/mol. The molecule has 2 heterocycles. The Labute approximate surface area is 99.3 Å². The maximum Gasteiger partial charge on any atom is 0.220 e. The van der Waals surface area contributed by atoms with E-state index in [1.54, 1.807) is 18.9 Å². The number of aliphatic imine (C=N–C) groups is 2. The van der Waals surface area contributed by atoms with Crippen molar-refractivity contribution < 1.29 is 4.79 Å². The zero-order valence-corrected chi connectivity index (χ0v) is 9.52. The Morgan fingerprint density at radius 3 is 3.12 bits per heavy atom. The number of amides is 1. The lowest BCUT2D eigenvalue weighted by atomic mass is 10.2. The van der Waals surface area contributed by atoms with Crippen LogP contribution in [-0.2, 0) is 11.2 Å². The molecule has 1 amide bonds. The van der Waals surface area contributed by atoms with Gasteiger partial charge in [-0.2, -0.15) is 0 Å². The summed E-state index contributed by atoms with van der Waals surface area (Å²) in [4.78, 5) is 26.4. The quantitative estimate of drug-likeness (QED) is 0.742. The Bertz CT molecular complexity index is 421. The van der Waals surface area contributed by atoms with Crippen molar-refractivity contribution in [1.29, 1.82) is 0 Å². The second-order valence-electron chi connectivity index (χ2n) is 3.83. The maximum atomic E-state index is 11.5. The lowest BCUT2D eigenvalue weighted by Crippen LogP contribution is -2.26. The third-order valence-corrected chi connectivity index (χ3v) is 2.51. The van der Waals surface area contributed by atoms with Gasteiger partial charge in [0.1, 0.15) is 6.34 Å². The zero-order chi connectivity index (χ0) is 11.9. The predicted octanol–water partition coefficient (Wildman–Crippen LogP) is 0.331. The molecule has 1 aromatic heterocycles. The minimum atomic E-state index is 0.0547. The monoisotopic (exact) mass is 233 g/mol. The van der Waals surface area contributed by atoms with Crippen molar-refractivity contribution in [3.8, 4) is 0 Å². The molecule has 0 aromatic carbocycles. The average molecular weight is 233 g/mol. The summed E-state index contributed by atoms with van der Waals surface area (Å²) in [5.41, 5.74) is 2.01. The van der Waals surface area contributed by atoms with Gasteiger partial charge in [-0.1, -0.05) is 0 Å². The topological polar surface area (TPSA) is 82.5 Å². The van der Waals surface area contributed by atoms with Gasteiger partial charge in [0.15, 0.2) is 0 Å². The largest absolute Gasteiger partial charge is 0.356 e. The van der Waals surface area contributed by atoms with Gasteiger partial charge in [0, 0.05) is 37.0 Å². The van der Waals surface area contributed by atoms with Crippen LogP contribution in [0, 0.1) is 0 Å². The Hall–Kier alpha value is -1.98. The molecule has 6 heteroatoms. The van der Waals surface area contributed by atoms with Crippen molar-refractivity contribution in [1.82, 2.24) is 15.3 Å². The van der Waals surface area contributed by atoms with Crippen LogP contribution in [0.3, 0.4) is 0 Å². The molecular formula is C11H15N5O. The highest BCUT2D eigenvalue weighted by atomic mass is 16.1. The molecule has 0 unspecified atom stereocenters. The number of rotatable bonds is 6. The fraction of sp³-hybridized carbons (Fsp3) is 0.455. The molecule has 0 bridgehead atoms. The minimum Gasteiger partial charge on any atom is -0.356 e. The van der Waals surface area contributed by atoms with Crippen LogP contribution in [-0.4, -0.2) is 41.0 Å². The van der Waals surface area contributed by atoms with Gasteiger partial charge in [-0.05, 0) is 6.42 Å². The second kappa shape index (κ2) is 5.93. The van der Waals surface area contributed by atoms with Crippen LogP contribution in [0.5, 0.6) is 0 Å². The standard InChI is InChI=1S/C11H15N5O/c17-11(2-1-9-5-12-7-15-9)14-4-3-10-6-13-8-16-10/h6-8H,1-5H2,(H,13,16)(H,14,17). The number of hydrogen-bond acceptors (Lipinski definition) is 4. The summed E-state index contributed by atoms with van der Waals surface area (Å²) < 4.78 is 0. The van der Waals surface area contributed by atoms with Gasteiger partial charge < -0.3 is 10.3 Å². The van der Waals surface area contributed by atoms with Gasteiger partial charge in [0.05, 0.1) is 12.9 Å². The Morgan fingerprint density at radius 1 is 1.47 bits per heavy atom. The molecule has 2 N–H and O–H groups in total. The lowest BCUT2D eigenvalue weighted by Gasteiger charge is -2.03. The van der Waals surface area contributed by atoms with Gasteiger partial charge in [0.25, 0.3) is 0 Å². The van der Waals surface area contributed by atoms with E-state index in [9.17, 15) is 4.79 Å². The van der Waals surface area contributed by atoms with Crippen LogP contribution in [0.4, 0.5) is 0 Å². The second-order valence-corrected chi connectivity index (χ2v) is 3.83. The van der Waals surface area contributed by atoms with Crippen molar-refractivity contribution in [3.05, 3.63) is 18.2 Å². The van der Waals surface area contributed by atoms with Crippen molar-refractivity contribution in [2.45, 2.75) is 19.3 Å². The molecule has 90 valence electrons. The Kier molecular flexibility index (Phi) is 4.01. The number of nitrogens with one attached hydrogen (secondary N) is 2. The molecule has 6 nitrogen and oxygen atoms in total. The number of aromatic nitrogens is 2.